The first kappa shape index (κ1) is 14.2. The molecule has 0 radical (unpaired) electrons. The van der Waals surface area contributed by atoms with Crippen LogP contribution in [0.2, 0.25) is 0 Å². The Bertz CT molecular complexity index is 855. The van der Waals surface area contributed by atoms with Crippen molar-refractivity contribution in [1.82, 2.24) is 0 Å². The van der Waals surface area contributed by atoms with E-state index in [1.807, 2.05) is 0 Å². The van der Waals surface area contributed by atoms with E-state index in [4.69, 9.17) is 0 Å². The quantitative estimate of drug-likeness (QED) is 0.479. The zero-order chi connectivity index (χ0) is 15.8. The Labute approximate surface area is 138 Å². The van der Waals surface area contributed by atoms with Gasteiger partial charge in [-0.05, 0) is 47.2 Å². The predicted molar refractivity (Wildman–Crippen MR) is 95.4 cm³/mol. The second kappa shape index (κ2) is 5.66. The van der Waals surface area contributed by atoms with Crippen LogP contribution in [0.1, 0.15) is 30.5 Å². The number of nitrogens with zero attached hydrogens (tertiary/aromatic N) is 1. The fraction of sp³-hybridized carbons (Fsp3) is 0.227. The first-order valence-corrected chi connectivity index (χ1v) is 8.53. The molecule has 1 aromatic heterocycles. The summed E-state index contributed by atoms with van der Waals surface area (Å²) in [4.78, 5) is 0. The normalized spacial score (nSPS) is 12.1. The highest BCUT2D eigenvalue weighted by atomic mass is 15.0. The summed E-state index contributed by atoms with van der Waals surface area (Å²) in [5, 5.41) is 0. The van der Waals surface area contributed by atoms with Gasteiger partial charge in [-0.25, -0.2) is 0 Å². The van der Waals surface area contributed by atoms with Gasteiger partial charge in [-0.3, -0.25) is 0 Å². The molecule has 23 heavy (non-hydrogen) atoms. The number of rotatable bonds is 3. The Balaban J connectivity index is 1.84. The molecular weight excluding hydrogens is 278 g/mol. The number of pyridine rings is 1. The molecule has 1 aliphatic heterocycles. The molecule has 0 aliphatic carbocycles. The standard InChI is InChI=1S/C22H22N/c1-3-16-11-17(4-2)13-20(12-16)18-8-9-19-15-23-10-6-5-7-22(23)21(19)14-18/h5-14H,3-4,15H2,1-2H3/q+1. The van der Waals surface area contributed by atoms with E-state index in [2.05, 4.69) is 79.2 Å². The lowest BCUT2D eigenvalue weighted by Gasteiger charge is -2.09. The van der Waals surface area contributed by atoms with Crippen LogP contribution in [-0.2, 0) is 19.4 Å². The van der Waals surface area contributed by atoms with Crippen molar-refractivity contribution in [3.8, 4) is 22.4 Å². The van der Waals surface area contributed by atoms with Gasteiger partial charge in [-0.15, -0.1) is 0 Å². The lowest BCUT2D eigenvalue weighted by atomic mass is 9.95. The topological polar surface area (TPSA) is 3.88 Å². The number of fused-ring (bicyclic) bond motifs is 3. The van der Waals surface area contributed by atoms with Crippen molar-refractivity contribution < 1.29 is 4.57 Å². The van der Waals surface area contributed by atoms with Gasteiger partial charge < -0.3 is 0 Å². The van der Waals surface area contributed by atoms with E-state index >= 15 is 0 Å². The molecule has 1 aliphatic rings. The highest BCUT2D eigenvalue weighted by Gasteiger charge is 2.25. The lowest BCUT2D eigenvalue weighted by molar-refractivity contribution is -0.672. The highest BCUT2D eigenvalue weighted by molar-refractivity contribution is 5.74. The third-order valence-electron chi connectivity index (χ3n) is 4.87. The van der Waals surface area contributed by atoms with E-state index in [9.17, 15) is 0 Å². The summed E-state index contributed by atoms with van der Waals surface area (Å²) in [6.45, 7) is 5.45. The first-order chi connectivity index (χ1) is 11.3. The average molecular weight is 300 g/mol. The Morgan fingerprint density at radius 2 is 1.61 bits per heavy atom. The Morgan fingerprint density at radius 3 is 2.35 bits per heavy atom. The van der Waals surface area contributed by atoms with Gasteiger partial charge in [0.25, 0.3) is 0 Å². The maximum Gasteiger partial charge on any atom is 0.213 e. The minimum absolute atomic E-state index is 0.987. The minimum Gasteiger partial charge on any atom is -0.194 e. The molecule has 0 bridgehead atoms. The molecule has 0 saturated carbocycles. The third kappa shape index (κ3) is 2.46. The molecule has 114 valence electrons. The van der Waals surface area contributed by atoms with E-state index in [0.717, 1.165) is 19.4 Å². The summed E-state index contributed by atoms with van der Waals surface area (Å²) in [5.74, 6) is 0. The molecule has 2 aromatic carbocycles. The van der Waals surface area contributed by atoms with Gasteiger partial charge in [-0.2, -0.15) is 4.57 Å². The smallest absolute Gasteiger partial charge is 0.194 e. The van der Waals surface area contributed by atoms with Crippen molar-refractivity contribution >= 4 is 0 Å². The maximum atomic E-state index is 2.36. The number of hydrogen-bond donors (Lipinski definition) is 0. The molecule has 0 saturated heterocycles. The fourth-order valence-corrected chi connectivity index (χ4v) is 3.51. The summed E-state index contributed by atoms with van der Waals surface area (Å²) in [7, 11) is 0. The van der Waals surface area contributed by atoms with E-state index in [0.29, 0.717) is 0 Å². The molecule has 3 aromatic rings. The minimum atomic E-state index is 0.987. The molecule has 1 heteroatoms. The fourth-order valence-electron chi connectivity index (χ4n) is 3.51. The third-order valence-corrected chi connectivity index (χ3v) is 4.87. The van der Waals surface area contributed by atoms with Gasteiger partial charge >= 0.3 is 0 Å². The molecule has 0 N–H and O–H groups in total. The number of aromatic nitrogens is 1. The van der Waals surface area contributed by atoms with Gasteiger partial charge in [0.2, 0.25) is 5.69 Å². The first-order valence-electron chi connectivity index (χ1n) is 8.53. The van der Waals surface area contributed by atoms with Crippen molar-refractivity contribution in [2.24, 2.45) is 0 Å². The van der Waals surface area contributed by atoms with Crippen LogP contribution in [0.15, 0.2) is 60.8 Å². The van der Waals surface area contributed by atoms with E-state index < -0.39 is 0 Å². The molecule has 0 fully saturated rings. The van der Waals surface area contributed by atoms with Crippen LogP contribution in [-0.4, -0.2) is 0 Å². The van der Waals surface area contributed by atoms with Crippen molar-refractivity contribution in [3.05, 3.63) is 77.5 Å². The van der Waals surface area contributed by atoms with Gasteiger partial charge in [0.05, 0.1) is 5.56 Å². The van der Waals surface area contributed by atoms with Crippen molar-refractivity contribution in [2.75, 3.05) is 0 Å². The predicted octanol–water partition coefficient (Wildman–Crippen LogP) is 4.79. The molecule has 0 amide bonds. The van der Waals surface area contributed by atoms with Crippen LogP contribution in [0.5, 0.6) is 0 Å². The van der Waals surface area contributed by atoms with Crippen LogP contribution in [0.4, 0.5) is 0 Å². The van der Waals surface area contributed by atoms with Crippen LogP contribution in [0.25, 0.3) is 22.4 Å². The molecule has 0 unspecified atom stereocenters. The van der Waals surface area contributed by atoms with Gasteiger partial charge in [0.15, 0.2) is 12.7 Å². The zero-order valence-corrected chi connectivity index (χ0v) is 13.8. The molecule has 0 atom stereocenters. The maximum absolute atomic E-state index is 2.36. The summed E-state index contributed by atoms with van der Waals surface area (Å²) in [5.41, 5.74) is 9.64. The number of hydrogen-bond acceptors (Lipinski definition) is 0. The molecular formula is C22H22N+. The summed E-state index contributed by atoms with van der Waals surface area (Å²) >= 11 is 0. The van der Waals surface area contributed by atoms with E-state index in [-0.39, 0.29) is 0 Å². The Kier molecular flexibility index (Phi) is 3.49. The highest BCUT2D eigenvalue weighted by Crippen LogP contribution is 2.32. The SMILES string of the molecule is CCc1cc(CC)cc(-c2ccc3c(c2)-c2cccc[n+]2C3)c1. The zero-order valence-electron chi connectivity index (χ0n) is 13.8. The van der Waals surface area contributed by atoms with Crippen LogP contribution < -0.4 is 4.57 Å². The van der Waals surface area contributed by atoms with Crippen LogP contribution in [0.3, 0.4) is 0 Å². The summed E-state index contributed by atoms with van der Waals surface area (Å²) < 4.78 is 2.33. The molecule has 0 spiro atoms. The molecule has 4 rings (SSSR count). The molecule has 2 heterocycles. The van der Waals surface area contributed by atoms with E-state index in [1.165, 1.54) is 39.1 Å². The van der Waals surface area contributed by atoms with Crippen LogP contribution >= 0.6 is 0 Å². The van der Waals surface area contributed by atoms with Crippen molar-refractivity contribution in [3.63, 3.8) is 0 Å². The Morgan fingerprint density at radius 1 is 0.826 bits per heavy atom. The summed E-state index contributed by atoms with van der Waals surface area (Å²) in [6, 6.07) is 20.4. The second-order valence-electron chi connectivity index (χ2n) is 6.33. The van der Waals surface area contributed by atoms with Gasteiger partial charge in [-0.1, -0.05) is 44.2 Å². The average Bonchev–Trinajstić information content (AvgIpc) is 2.99. The number of benzene rings is 2. The number of aryl methyl sites for hydroxylation is 2. The van der Waals surface area contributed by atoms with Gasteiger partial charge in [0.1, 0.15) is 0 Å². The van der Waals surface area contributed by atoms with E-state index in [1.54, 1.807) is 0 Å². The molecule has 1 nitrogen and oxygen atoms in total. The van der Waals surface area contributed by atoms with Gasteiger partial charge in [0, 0.05) is 17.7 Å². The largest absolute Gasteiger partial charge is 0.213 e. The van der Waals surface area contributed by atoms with Crippen molar-refractivity contribution in [1.29, 1.82) is 0 Å². The van der Waals surface area contributed by atoms with Crippen molar-refractivity contribution in [2.45, 2.75) is 33.2 Å². The summed E-state index contributed by atoms with van der Waals surface area (Å²) in [6.07, 6.45) is 4.34. The Hall–Kier alpha value is -2.41. The lowest BCUT2D eigenvalue weighted by Crippen LogP contribution is -2.31. The second-order valence-corrected chi connectivity index (χ2v) is 6.33. The van der Waals surface area contributed by atoms with Crippen LogP contribution in [0, 0.1) is 0 Å². The monoisotopic (exact) mass is 300 g/mol.